The molecule has 3 heterocycles. The van der Waals surface area contributed by atoms with Gasteiger partial charge in [0.05, 0.1) is 26.3 Å². The minimum Gasteiger partial charge on any atom is -0.381 e. The highest BCUT2D eigenvalue weighted by atomic mass is 35.5. The third kappa shape index (κ3) is 6.24. The van der Waals surface area contributed by atoms with E-state index in [1.54, 1.807) is 13.0 Å². The molecule has 1 saturated heterocycles. The topological polar surface area (TPSA) is 112 Å². The fourth-order valence-electron chi connectivity index (χ4n) is 4.40. The minimum atomic E-state index is -5.68. The van der Waals surface area contributed by atoms with E-state index in [2.05, 4.69) is 14.8 Å². The van der Waals surface area contributed by atoms with Crippen LogP contribution in [0.1, 0.15) is 29.6 Å². The summed E-state index contributed by atoms with van der Waals surface area (Å²) in [5, 5.41) is 0.135. The maximum Gasteiger partial charge on any atom is 0.493 e. The van der Waals surface area contributed by atoms with Crippen LogP contribution in [-0.4, -0.2) is 48.7 Å². The smallest absolute Gasteiger partial charge is 0.381 e. The molecule has 0 bridgehead atoms. The number of aromatic nitrogens is 3. The van der Waals surface area contributed by atoms with Gasteiger partial charge in [0.25, 0.3) is 0 Å². The maximum atomic E-state index is 14.6. The van der Waals surface area contributed by atoms with E-state index in [0.717, 1.165) is 12.1 Å². The lowest BCUT2D eigenvalue weighted by Gasteiger charge is -2.25. The summed E-state index contributed by atoms with van der Waals surface area (Å²) in [6.07, 6.45) is -2.84. The van der Waals surface area contributed by atoms with E-state index in [9.17, 15) is 35.2 Å². The number of hydrogen-bond acceptors (Lipinski definition) is 9. The molecule has 2 aromatic heterocycles. The first-order chi connectivity index (χ1) is 20.8. The van der Waals surface area contributed by atoms with Crippen molar-refractivity contribution >= 4 is 44.6 Å². The standard InChI is InChI=1S/C27H20ClF5N4O5S2/c1-14-34-11-8-19(35-14)23-22(36-25(43-23)15-9-12-41-13-10-15)16-4-2-7-20(21(16)28)37(42-26(38)27(31,32)33)44(39,40)24-17(29)5-3-6-18(24)30/h2-8,11,15H,9-10,12-13H2,1H3. The van der Waals surface area contributed by atoms with Crippen molar-refractivity contribution in [3.05, 3.63) is 76.2 Å². The highest BCUT2D eigenvalue weighted by molar-refractivity contribution is 7.92. The average Bonchev–Trinajstić information content (AvgIpc) is 3.41. The Balaban J connectivity index is 1.71. The van der Waals surface area contributed by atoms with Gasteiger partial charge < -0.3 is 9.57 Å². The van der Waals surface area contributed by atoms with Gasteiger partial charge in [0.15, 0.2) is 4.90 Å². The van der Waals surface area contributed by atoms with Crippen LogP contribution in [0, 0.1) is 18.6 Å². The van der Waals surface area contributed by atoms with Crippen molar-refractivity contribution in [1.29, 1.82) is 0 Å². The Kier molecular flexibility index (Phi) is 8.89. The Bertz CT molecular complexity index is 1810. The number of anilines is 1. The predicted molar refractivity (Wildman–Crippen MR) is 149 cm³/mol. The number of aryl methyl sites for hydroxylation is 1. The third-order valence-electron chi connectivity index (χ3n) is 6.45. The summed E-state index contributed by atoms with van der Waals surface area (Å²) in [5.74, 6) is -5.84. The highest BCUT2D eigenvalue weighted by Crippen LogP contribution is 2.45. The number of carbonyl (C=O) groups is 1. The fraction of sp³-hybridized carbons (Fsp3) is 0.259. The summed E-state index contributed by atoms with van der Waals surface area (Å²) in [7, 11) is -5.67. The van der Waals surface area contributed by atoms with Gasteiger partial charge in [-0.1, -0.05) is 34.3 Å². The summed E-state index contributed by atoms with van der Waals surface area (Å²) in [4.78, 5) is 28.3. The SMILES string of the molecule is Cc1nccc(-c2sc(C3CCOCC3)nc2-c2cccc(N(OC(=O)C(F)(F)F)S(=O)(=O)c3c(F)cccc3F)c2Cl)n1. The van der Waals surface area contributed by atoms with E-state index in [4.69, 9.17) is 21.3 Å². The molecule has 0 spiro atoms. The van der Waals surface area contributed by atoms with Gasteiger partial charge in [0.2, 0.25) is 0 Å². The van der Waals surface area contributed by atoms with E-state index in [1.807, 2.05) is 0 Å². The molecule has 17 heteroatoms. The summed E-state index contributed by atoms with van der Waals surface area (Å²) >= 11 is 7.93. The number of carbonyl (C=O) groups excluding carboxylic acids is 1. The van der Waals surface area contributed by atoms with E-state index in [-0.39, 0.29) is 17.2 Å². The molecule has 1 fully saturated rings. The Morgan fingerprint density at radius 1 is 1.07 bits per heavy atom. The molecule has 44 heavy (non-hydrogen) atoms. The van der Waals surface area contributed by atoms with E-state index in [1.165, 1.54) is 29.7 Å². The maximum absolute atomic E-state index is 14.6. The van der Waals surface area contributed by atoms with Gasteiger partial charge in [-0.15, -0.1) is 11.3 Å². The molecular weight excluding hydrogens is 655 g/mol. The largest absolute Gasteiger partial charge is 0.493 e. The number of halogens is 6. The molecule has 0 radical (unpaired) electrons. The van der Waals surface area contributed by atoms with Crippen LogP contribution in [-0.2, 0) is 24.4 Å². The van der Waals surface area contributed by atoms with Crippen LogP contribution in [0.15, 0.2) is 53.6 Å². The van der Waals surface area contributed by atoms with Crippen LogP contribution < -0.4 is 4.47 Å². The second-order valence-electron chi connectivity index (χ2n) is 9.40. The number of rotatable bonds is 7. The summed E-state index contributed by atoms with van der Waals surface area (Å²) in [5.41, 5.74) is -0.193. The molecule has 0 aliphatic carbocycles. The molecule has 0 N–H and O–H groups in total. The van der Waals surface area contributed by atoms with Crippen molar-refractivity contribution < 1.29 is 44.7 Å². The number of ether oxygens (including phenoxy) is 1. The van der Waals surface area contributed by atoms with Gasteiger partial charge in [0.1, 0.15) is 23.1 Å². The summed E-state index contributed by atoms with van der Waals surface area (Å²) in [6.45, 7) is 2.67. The third-order valence-corrected chi connectivity index (χ3v) is 9.70. The number of nitrogens with zero attached hydrogens (tertiary/aromatic N) is 4. The Morgan fingerprint density at radius 3 is 2.36 bits per heavy atom. The highest BCUT2D eigenvalue weighted by Gasteiger charge is 2.46. The van der Waals surface area contributed by atoms with Crippen LogP contribution in [0.25, 0.3) is 21.8 Å². The number of sulfonamides is 1. The van der Waals surface area contributed by atoms with Gasteiger partial charge in [-0.2, -0.15) is 21.6 Å². The molecule has 5 rings (SSSR count). The Hall–Kier alpha value is -3.73. The van der Waals surface area contributed by atoms with Gasteiger partial charge in [-0.3, -0.25) is 0 Å². The van der Waals surface area contributed by atoms with Gasteiger partial charge >= 0.3 is 22.2 Å². The predicted octanol–water partition coefficient (Wildman–Crippen LogP) is 6.62. The zero-order valence-corrected chi connectivity index (χ0v) is 24.8. The lowest BCUT2D eigenvalue weighted by molar-refractivity contribution is -0.199. The first kappa shape index (κ1) is 31.7. The molecule has 0 amide bonds. The molecule has 0 saturated carbocycles. The lowest BCUT2D eigenvalue weighted by Crippen LogP contribution is -2.39. The van der Waals surface area contributed by atoms with Gasteiger partial charge in [-0.25, -0.2) is 28.5 Å². The molecule has 4 aromatic rings. The van der Waals surface area contributed by atoms with Crippen molar-refractivity contribution in [2.24, 2.45) is 0 Å². The number of hydrogen-bond donors (Lipinski definition) is 0. The first-order valence-electron chi connectivity index (χ1n) is 12.7. The molecule has 1 aliphatic rings. The fourth-order valence-corrected chi connectivity index (χ4v) is 7.34. The lowest BCUT2D eigenvalue weighted by atomic mass is 10.0. The number of benzene rings is 2. The second kappa shape index (κ2) is 12.3. The number of thiazole rings is 1. The molecule has 1 aliphatic heterocycles. The molecule has 0 unspecified atom stereocenters. The van der Waals surface area contributed by atoms with Crippen molar-refractivity contribution in [1.82, 2.24) is 15.0 Å². The van der Waals surface area contributed by atoms with E-state index in [0.29, 0.717) is 59.6 Å². The molecule has 232 valence electrons. The molecule has 9 nitrogen and oxygen atoms in total. The minimum absolute atomic E-state index is 0.000194. The monoisotopic (exact) mass is 674 g/mol. The van der Waals surface area contributed by atoms with Crippen molar-refractivity contribution in [2.75, 3.05) is 17.7 Å². The van der Waals surface area contributed by atoms with Crippen LogP contribution in [0.3, 0.4) is 0 Å². The quantitative estimate of drug-likeness (QED) is 0.159. The van der Waals surface area contributed by atoms with Crippen molar-refractivity contribution in [3.63, 3.8) is 0 Å². The van der Waals surface area contributed by atoms with Crippen LogP contribution in [0.5, 0.6) is 0 Å². The molecule has 0 atom stereocenters. The van der Waals surface area contributed by atoms with E-state index < -0.39 is 53.9 Å². The Labute approximate surface area is 256 Å². The van der Waals surface area contributed by atoms with Gasteiger partial charge in [-0.05, 0) is 44.0 Å². The number of alkyl halides is 3. The zero-order valence-electron chi connectivity index (χ0n) is 22.4. The van der Waals surface area contributed by atoms with Crippen LogP contribution in [0.4, 0.5) is 27.6 Å². The first-order valence-corrected chi connectivity index (χ1v) is 15.4. The van der Waals surface area contributed by atoms with Crippen molar-refractivity contribution in [3.8, 4) is 21.8 Å². The summed E-state index contributed by atoms with van der Waals surface area (Å²) < 4.78 is 101. The zero-order chi connectivity index (χ0) is 31.8. The van der Waals surface area contributed by atoms with Crippen LogP contribution >= 0.6 is 22.9 Å². The van der Waals surface area contributed by atoms with Crippen molar-refractivity contribution in [2.45, 2.75) is 36.8 Å². The summed E-state index contributed by atoms with van der Waals surface area (Å²) in [6, 6.07) is 7.12. The normalized spacial score (nSPS) is 14.4. The molecule has 2 aromatic carbocycles. The van der Waals surface area contributed by atoms with Gasteiger partial charge in [0, 0.05) is 30.9 Å². The Morgan fingerprint density at radius 2 is 1.73 bits per heavy atom. The van der Waals surface area contributed by atoms with E-state index >= 15 is 0 Å². The second-order valence-corrected chi connectivity index (χ2v) is 12.5. The molecular formula is C27H20ClF5N4O5S2. The average molecular weight is 675 g/mol. The van der Waals surface area contributed by atoms with Crippen LogP contribution in [0.2, 0.25) is 5.02 Å².